The molecule has 0 saturated carbocycles. The van der Waals surface area contributed by atoms with Crippen molar-refractivity contribution in [1.29, 1.82) is 5.26 Å². The smallest absolute Gasteiger partial charge is 0.254 e. The van der Waals surface area contributed by atoms with Crippen molar-refractivity contribution in [3.8, 4) is 6.07 Å². The monoisotopic (exact) mass is 398 g/mol. The molecule has 2 heterocycles. The molecule has 1 aliphatic heterocycles. The molecule has 0 aliphatic carbocycles. The first-order valence-electron chi connectivity index (χ1n) is 10.4. The van der Waals surface area contributed by atoms with E-state index >= 15 is 0 Å². The summed E-state index contributed by atoms with van der Waals surface area (Å²) in [5, 5.41) is 9.89. The molecular formula is C25H26N4O. The maximum Gasteiger partial charge on any atom is 0.254 e. The van der Waals surface area contributed by atoms with Gasteiger partial charge in [0.2, 0.25) is 0 Å². The minimum absolute atomic E-state index is 0.0938. The Labute approximate surface area is 177 Å². The summed E-state index contributed by atoms with van der Waals surface area (Å²) in [4.78, 5) is 22.4. The van der Waals surface area contributed by atoms with Crippen LogP contribution in [0.4, 0.5) is 0 Å². The molecule has 1 saturated heterocycles. The van der Waals surface area contributed by atoms with Crippen molar-refractivity contribution in [1.82, 2.24) is 14.8 Å². The van der Waals surface area contributed by atoms with E-state index in [-0.39, 0.29) is 5.91 Å². The molecule has 1 aromatic heterocycles. The first kappa shape index (κ1) is 20.1. The van der Waals surface area contributed by atoms with Gasteiger partial charge in [0.25, 0.3) is 5.91 Å². The van der Waals surface area contributed by atoms with Crippen LogP contribution in [-0.2, 0) is 6.54 Å². The standard InChI is InChI=1S/C25H26N4O/c1-18-4-9-24-22(14-18)23(15-19(2)27-24)25(30)29-11-3-10-28(12-13-29)17-21-7-5-20(16-26)6-8-21/h4-9,14-15H,3,10-13,17H2,1-2H3. The van der Waals surface area contributed by atoms with Crippen LogP contribution in [0.3, 0.4) is 0 Å². The molecule has 0 N–H and O–H groups in total. The molecule has 0 unspecified atom stereocenters. The van der Waals surface area contributed by atoms with E-state index in [9.17, 15) is 4.79 Å². The highest BCUT2D eigenvalue weighted by molar-refractivity contribution is 6.06. The van der Waals surface area contributed by atoms with E-state index in [4.69, 9.17) is 5.26 Å². The van der Waals surface area contributed by atoms with Gasteiger partial charge in [-0.3, -0.25) is 14.7 Å². The Morgan fingerprint density at radius 1 is 1.03 bits per heavy atom. The lowest BCUT2D eigenvalue weighted by Crippen LogP contribution is -2.35. The molecular weight excluding hydrogens is 372 g/mol. The van der Waals surface area contributed by atoms with Gasteiger partial charge in [-0.25, -0.2) is 0 Å². The van der Waals surface area contributed by atoms with Gasteiger partial charge < -0.3 is 4.90 Å². The number of aromatic nitrogens is 1. The second-order valence-electron chi connectivity index (χ2n) is 8.06. The van der Waals surface area contributed by atoms with E-state index in [1.54, 1.807) is 0 Å². The zero-order valence-electron chi connectivity index (χ0n) is 17.6. The zero-order valence-corrected chi connectivity index (χ0v) is 17.6. The first-order valence-corrected chi connectivity index (χ1v) is 10.4. The summed E-state index contributed by atoms with van der Waals surface area (Å²) < 4.78 is 0. The number of pyridine rings is 1. The van der Waals surface area contributed by atoms with Crippen LogP contribution in [0.5, 0.6) is 0 Å². The number of hydrogen-bond acceptors (Lipinski definition) is 4. The maximum atomic E-state index is 13.4. The van der Waals surface area contributed by atoms with Crippen LogP contribution in [0.15, 0.2) is 48.5 Å². The van der Waals surface area contributed by atoms with Gasteiger partial charge in [-0.15, -0.1) is 0 Å². The number of benzene rings is 2. The highest BCUT2D eigenvalue weighted by Gasteiger charge is 2.22. The number of aryl methyl sites for hydroxylation is 2. The molecule has 5 heteroatoms. The summed E-state index contributed by atoms with van der Waals surface area (Å²) in [6.45, 7) is 8.09. The molecule has 4 rings (SSSR count). The number of nitriles is 1. The van der Waals surface area contributed by atoms with Crippen LogP contribution in [-0.4, -0.2) is 46.9 Å². The third kappa shape index (κ3) is 4.34. The largest absolute Gasteiger partial charge is 0.337 e. The van der Waals surface area contributed by atoms with Crippen molar-refractivity contribution in [2.45, 2.75) is 26.8 Å². The van der Waals surface area contributed by atoms with Crippen LogP contribution in [0.2, 0.25) is 0 Å². The van der Waals surface area contributed by atoms with E-state index in [0.717, 1.165) is 60.3 Å². The minimum Gasteiger partial charge on any atom is -0.337 e. The molecule has 1 aliphatic rings. The molecule has 152 valence electrons. The second-order valence-corrected chi connectivity index (χ2v) is 8.06. The Kier molecular flexibility index (Phi) is 5.78. The van der Waals surface area contributed by atoms with Gasteiger partial charge in [-0.05, 0) is 56.2 Å². The first-order chi connectivity index (χ1) is 14.5. The van der Waals surface area contributed by atoms with Gasteiger partial charge in [-0.2, -0.15) is 5.26 Å². The molecule has 1 amide bonds. The summed E-state index contributed by atoms with van der Waals surface area (Å²) in [5.74, 6) is 0.0938. The fourth-order valence-corrected chi connectivity index (χ4v) is 4.09. The molecule has 0 radical (unpaired) electrons. The molecule has 0 spiro atoms. The molecule has 0 atom stereocenters. The van der Waals surface area contributed by atoms with Gasteiger partial charge >= 0.3 is 0 Å². The van der Waals surface area contributed by atoms with Crippen LogP contribution in [0.1, 0.15) is 39.2 Å². The van der Waals surface area contributed by atoms with Gasteiger partial charge in [0.1, 0.15) is 0 Å². The number of hydrogen-bond donors (Lipinski definition) is 0. The lowest BCUT2D eigenvalue weighted by atomic mass is 10.0. The average molecular weight is 399 g/mol. The van der Waals surface area contributed by atoms with Crippen molar-refractivity contribution < 1.29 is 4.79 Å². The fourth-order valence-electron chi connectivity index (χ4n) is 4.09. The van der Waals surface area contributed by atoms with Gasteiger partial charge in [0.05, 0.1) is 22.7 Å². The summed E-state index contributed by atoms with van der Waals surface area (Å²) >= 11 is 0. The number of amides is 1. The quantitative estimate of drug-likeness (QED) is 0.667. The Morgan fingerprint density at radius 2 is 1.83 bits per heavy atom. The van der Waals surface area contributed by atoms with Crippen molar-refractivity contribution in [3.63, 3.8) is 0 Å². The predicted molar refractivity (Wildman–Crippen MR) is 118 cm³/mol. The van der Waals surface area contributed by atoms with Gasteiger partial charge in [0, 0.05) is 43.8 Å². The summed E-state index contributed by atoms with van der Waals surface area (Å²) in [7, 11) is 0. The van der Waals surface area contributed by atoms with Crippen molar-refractivity contribution >= 4 is 16.8 Å². The highest BCUT2D eigenvalue weighted by Crippen LogP contribution is 2.22. The minimum atomic E-state index is 0.0938. The van der Waals surface area contributed by atoms with E-state index < -0.39 is 0 Å². The summed E-state index contributed by atoms with van der Waals surface area (Å²) in [5.41, 5.74) is 5.50. The molecule has 2 aromatic carbocycles. The van der Waals surface area contributed by atoms with E-state index in [1.165, 1.54) is 5.56 Å². The highest BCUT2D eigenvalue weighted by atomic mass is 16.2. The van der Waals surface area contributed by atoms with E-state index in [1.807, 2.05) is 61.2 Å². The number of carbonyl (C=O) groups excluding carboxylic acids is 1. The zero-order chi connectivity index (χ0) is 21.1. The Bertz CT molecular complexity index is 1110. The van der Waals surface area contributed by atoms with E-state index in [0.29, 0.717) is 12.1 Å². The molecule has 3 aromatic rings. The van der Waals surface area contributed by atoms with Crippen LogP contribution in [0, 0.1) is 25.2 Å². The normalized spacial score (nSPS) is 15.0. The van der Waals surface area contributed by atoms with Gasteiger partial charge in [0.15, 0.2) is 0 Å². The fraction of sp³-hybridized carbons (Fsp3) is 0.320. The van der Waals surface area contributed by atoms with Crippen LogP contribution in [0.25, 0.3) is 10.9 Å². The molecule has 30 heavy (non-hydrogen) atoms. The summed E-state index contributed by atoms with van der Waals surface area (Å²) in [6.07, 6.45) is 0.947. The maximum absolute atomic E-state index is 13.4. The van der Waals surface area contributed by atoms with E-state index in [2.05, 4.69) is 22.0 Å². The lowest BCUT2D eigenvalue weighted by molar-refractivity contribution is 0.0763. The van der Waals surface area contributed by atoms with Gasteiger partial charge in [-0.1, -0.05) is 23.8 Å². The van der Waals surface area contributed by atoms with Crippen molar-refractivity contribution in [2.75, 3.05) is 26.2 Å². The molecule has 0 bridgehead atoms. The van der Waals surface area contributed by atoms with Crippen molar-refractivity contribution in [2.24, 2.45) is 0 Å². The lowest BCUT2D eigenvalue weighted by Gasteiger charge is -2.23. The number of fused-ring (bicyclic) bond motifs is 1. The van der Waals surface area contributed by atoms with Crippen LogP contribution < -0.4 is 0 Å². The third-order valence-corrected chi connectivity index (χ3v) is 5.69. The Balaban J connectivity index is 1.49. The van der Waals surface area contributed by atoms with Crippen molar-refractivity contribution in [3.05, 3.63) is 76.5 Å². The summed E-state index contributed by atoms with van der Waals surface area (Å²) in [6, 6.07) is 17.9. The molecule has 5 nitrogen and oxygen atoms in total. The second kappa shape index (κ2) is 8.64. The number of nitrogens with zero attached hydrogens (tertiary/aromatic N) is 4. The van der Waals surface area contributed by atoms with Crippen LogP contribution >= 0.6 is 0 Å². The SMILES string of the molecule is Cc1ccc2nc(C)cc(C(=O)N3CCCN(Cc4ccc(C#N)cc4)CC3)c2c1. The topological polar surface area (TPSA) is 60.2 Å². The third-order valence-electron chi connectivity index (χ3n) is 5.69. The average Bonchev–Trinajstić information content (AvgIpc) is 2.99. The molecule has 1 fully saturated rings. The predicted octanol–water partition coefficient (Wildman–Crippen LogP) is 4.07. The Morgan fingerprint density at radius 3 is 2.60 bits per heavy atom. The number of carbonyl (C=O) groups is 1. The Hall–Kier alpha value is -3.23. The number of rotatable bonds is 3.